The summed E-state index contributed by atoms with van der Waals surface area (Å²) in [6.07, 6.45) is -1.59. The maximum absolute atomic E-state index is 13.9. The maximum atomic E-state index is 13.9. The second kappa shape index (κ2) is 5.43. The number of alkyl halides is 1. The molecule has 0 bridgehead atoms. The molecule has 0 spiro atoms. The lowest BCUT2D eigenvalue weighted by molar-refractivity contribution is 0.173. The highest BCUT2D eigenvalue weighted by Crippen LogP contribution is 2.37. The van der Waals surface area contributed by atoms with Crippen LogP contribution in [0.4, 0.5) is 4.39 Å². The van der Waals surface area contributed by atoms with Gasteiger partial charge in [0, 0.05) is 5.41 Å². The Morgan fingerprint density at radius 2 is 2.00 bits per heavy atom. The number of halogens is 2. The SMILES string of the molecule is CC(C)(C)c1nc2ccc(Cl)c(S(=O)(=O)C3COCC3F)c2o1. The number of rotatable bonds is 2. The first-order valence-electron chi connectivity index (χ1n) is 7.17. The van der Waals surface area contributed by atoms with Crippen molar-refractivity contribution in [2.75, 3.05) is 13.2 Å². The van der Waals surface area contributed by atoms with Crippen LogP contribution in [0.2, 0.25) is 5.02 Å². The topological polar surface area (TPSA) is 69.4 Å². The first-order chi connectivity index (χ1) is 10.6. The van der Waals surface area contributed by atoms with Crippen molar-refractivity contribution in [1.29, 1.82) is 0 Å². The molecule has 1 aromatic carbocycles. The summed E-state index contributed by atoms with van der Waals surface area (Å²) in [5, 5.41) is -1.29. The average Bonchev–Trinajstić information content (AvgIpc) is 3.03. The van der Waals surface area contributed by atoms with Crippen LogP contribution in [-0.2, 0) is 20.0 Å². The lowest BCUT2D eigenvalue weighted by Gasteiger charge is -2.14. The summed E-state index contributed by atoms with van der Waals surface area (Å²) in [6, 6.07) is 3.03. The Labute approximate surface area is 138 Å². The molecular formula is C15H17ClFNO4S. The van der Waals surface area contributed by atoms with Crippen LogP contribution in [0, 0.1) is 0 Å². The van der Waals surface area contributed by atoms with Crippen LogP contribution < -0.4 is 0 Å². The Bertz CT molecular complexity index is 856. The van der Waals surface area contributed by atoms with Gasteiger partial charge < -0.3 is 9.15 Å². The molecule has 3 rings (SSSR count). The molecular weight excluding hydrogens is 345 g/mol. The zero-order chi connectivity index (χ0) is 17.0. The maximum Gasteiger partial charge on any atom is 0.200 e. The lowest BCUT2D eigenvalue weighted by Crippen LogP contribution is -2.30. The fraction of sp³-hybridized carbons (Fsp3) is 0.533. The second-order valence-corrected chi connectivity index (χ2v) is 9.14. The van der Waals surface area contributed by atoms with Gasteiger partial charge >= 0.3 is 0 Å². The van der Waals surface area contributed by atoms with Crippen molar-refractivity contribution in [2.45, 2.75) is 42.5 Å². The molecule has 2 heterocycles. The second-order valence-electron chi connectivity index (χ2n) is 6.63. The molecule has 1 saturated heterocycles. The number of nitrogens with zero attached hydrogens (tertiary/aromatic N) is 1. The van der Waals surface area contributed by atoms with E-state index in [4.69, 9.17) is 20.8 Å². The van der Waals surface area contributed by atoms with E-state index in [2.05, 4.69) is 4.98 Å². The van der Waals surface area contributed by atoms with Crippen LogP contribution in [0.3, 0.4) is 0 Å². The summed E-state index contributed by atoms with van der Waals surface area (Å²) >= 11 is 6.11. The Morgan fingerprint density at radius 1 is 1.30 bits per heavy atom. The van der Waals surface area contributed by atoms with Gasteiger partial charge in [-0.15, -0.1) is 0 Å². The fourth-order valence-electron chi connectivity index (χ4n) is 2.47. The van der Waals surface area contributed by atoms with Gasteiger partial charge in [0.15, 0.2) is 15.4 Å². The van der Waals surface area contributed by atoms with E-state index < -0.39 is 26.7 Å². The number of sulfone groups is 1. The molecule has 8 heteroatoms. The number of oxazole rings is 1. The number of benzene rings is 1. The summed E-state index contributed by atoms with van der Waals surface area (Å²) in [7, 11) is -4.04. The van der Waals surface area contributed by atoms with E-state index in [1.807, 2.05) is 20.8 Å². The summed E-state index contributed by atoms with van der Waals surface area (Å²) in [5.74, 6) is 0.394. The minimum atomic E-state index is -4.04. The van der Waals surface area contributed by atoms with Gasteiger partial charge in [-0.25, -0.2) is 17.8 Å². The van der Waals surface area contributed by atoms with E-state index >= 15 is 0 Å². The number of aromatic nitrogens is 1. The van der Waals surface area contributed by atoms with Gasteiger partial charge in [-0.1, -0.05) is 32.4 Å². The van der Waals surface area contributed by atoms with E-state index in [1.165, 1.54) is 6.07 Å². The Balaban J connectivity index is 2.24. The Kier molecular flexibility index (Phi) is 3.93. The standard InChI is InChI=1S/C15H17ClFNO4S/c1-15(2,3)14-18-10-5-4-8(16)13(12(10)22-14)23(19,20)11-7-21-6-9(11)17/h4-5,9,11H,6-7H2,1-3H3. The number of ether oxygens (including phenoxy) is 1. The van der Waals surface area contributed by atoms with Crippen molar-refractivity contribution in [3.63, 3.8) is 0 Å². The quantitative estimate of drug-likeness (QED) is 0.820. The highest BCUT2D eigenvalue weighted by atomic mass is 35.5. The number of hydrogen-bond donors (Lipinski definition) is 0. The molecule has 5 nitrogen and oxygen atoms in total. The normalized spacial score (nSPS) is 22.8. The van der Waals surface area contributed by atoms with Crippen molar-refractivity contribution in [3.8, 4) is 0 Å². The smallest absolute Gasteiger partial charge is 0.200 e. The van der Waals surface area contributed by atoms with Crippen LogP contribution in [0.5, 0.6) is 0 Å². The third kappa shape index (κ3) is 2.75. The van der Waals surface area contributed by atoms with Crippen LogP contribution in [0.1, 0.15) is 26.7 Å². The first-order valence-corrected chi connectivity index (χ1v) is 9.10. The van der Waals surface area contributed by atoms with Gasteiger partial charge in [0.1, 0.15) is 21.8 Å². The molecule has 1 aromatic heterocycles. The van der Waals surface area contributed by atoms with Crippen molar-refractivity contribution in [3.05, 3.63) is 23.0 Å². The molecule has 1 aliphatic heterocycles. The van der Waals surface area contributed by atoms with Crippen LogP contribution in [-0.4, -0.2) is 38.0 Å². The van der Waals surface area contributed by atoms with Gasteiger partial charge in [0.2, 0.25) is 5.89 Å². The predicted molar refractivity (Wildman–Crippen MR) is 84.4 cm³/mol. The molecule has 2 atom stereocenters. The molecule has 1 fully saturated rings. The van der Waals surface area contributed by atoms with Gasteiger partial charge in [-0.05, 0) is 12.1 Å². The lowest BCUT2D eigenvalue weighted by atomic mass is 9.97. The van der Waals surface area contributed by atoms with E-state index in [-0.39, 0.29) is 28.7 Å². The van der Waals surface area contributed by atoms with Crippen LogP contribution >= 0.6 is 11.6 Å². The average molecular weight is 362 g/mol. The monoisotopic (exact) mass is 361 g/mol. The van der Waals surface area contributed by atoms with Crippen LogP contribution in [0.25, 0.3) is 11.1 Å². The van der Waals surface area contributed by atoms with E-state index in [0.29, 0.717) is 11.4 Å². The van der Waals surface area contributed by atoms with Crippen molar-refractivity contribution in [2.24, 2.45) is 0 Å². The molecule has 0 amide bonds. The summed E-state index contributed by atoms with van der Waals surface area (Å²) in [4.78, 5) is 4.12. The first kappa shape index (κ1) is 16.7. The minimum absolute atomic E-state index is 0.00629. The summed E-state index contributed by atoms with van der Waals surface area (Å²) in [5.41, 5.74) is 0.0553. The van der Waals surface area contributed by atoms with E-state index in [9.17, 15) is 12.8 Å². The van der Waals surface area contributed by atoms with Crippen molar-refractivity contribution in [1.82, 2.24) is 4.98 Å². The van der Waals surface area contributed by atoms with Gasteiger partial charge in [-0.3, -0.25) is 0 Å². The number of hydrogen-bond acceptors (Lipinski definition) is 5. The van der Waals surface area contributed by atoms with Gasteiger partial charge in [0.05, 0.1) is 18.2 Å². The molecule has 0 N–H and O–H groups in total. The molecule has 23 heavy (non-hydrogen) atoms. The minimum Gasteiger partial charge on any atom is -0.439 e. The highest BCUT2D eigenvalue weighted by Gasteiger charge is 2.42. The Hall–Kier alpha value is -1.18. The van der Waals surface area contributed by atoms with Gasteiger partial charge in [-0.2, -0.15) is 0 Å². The van der Waals surface area contributed by atoms with Crippen LogP contribution in [0.15, 0.2) is 21.4 Å². The fourth-order valence-corrected chi connectivity index (χ4v) is 4.73. The van der Waals surface area contributed by atoms with E-state index in [1.54, 1.807) is 6.07 Å². The highest BCUT2D eigenvalue weighted by molar-refractivity contribution is 7.92. The molecule has 0 saturated carbocycles. The van der Waals surface area contributed by atoms with Gasteiger partial charge in [0.25, 0.3) is 0 Å². The van der Waals surface area contributed by atoms with E-state index in [0.717, 1.165) is 0 Å². The predicted octanol–water partition coefficient (Wildman–Crippen LogP) is 3.29. The number of fused-ring (bicyclic) bond motifs is 1. The third-order valence-corrected chi connectivity index (χ3v) is 6.38. The van der Waals surface area contributed by atoms with Crippen molar-refractivity contribution < 1.29 is 22.0 Å². The molecule has 126 valence electrons. The zero-order valence-corrected chi connectivity index (χ0v) is 14.5. The Morgan fingerprint density at radius 3 is 2.57 bits per heavy atom. The van der Waals surface area contributed by atoms with Crippen molar-refractivity contribution >= 4 is 32.5 Å². The molecule has 2 aromatic rings. The molecule has 2 unspecified atom stereocenters. The molecule has 0 aliphatic carbocycles. The summed E-state index contributed by atoms with van der Waals surface area (Å²) < 4.78 is 50.2. The summed E-state index contributed by atoms with van der Waals surface area (Å²) in [6.45, 7) is 5.26. The molecule has 0 radical (unpaired) electrons. The largest absolute Gasteiger partial charge is 0.439 e. The molecule has 1 aliphatic rings. The third-order valence-electron chi connectivity index (χ3n) is 3.75. The zero-order valence-electron chi connectivity index (χ0n) is 13.0.